The van der Waals surface area contributed by atoms with Crippen molar-refractivity contribution in [3.8, 4) is 5.82 Å². The second-order valence-electron chi connectivity index (χ2n) is 5.76. The molecule has 2 aromatic heterocycles. The van der Waals surface area contributed by atoms with Crippen LogP contribution in [0.1, 0.15) is 18.7 Å². The molecule has 21 heavy (non-hydrogen) atoms. The number of likely N-dealkylation sites (tertiary alicyclic amines) is 1. The van der Waals surface area contributed by atoms with E-state index >= 15 is 0 Å². The molecule has 1 fully saturated rings. The third-order valence-corrected chi connectivity index (χ3v) is 3.99. The summed E-state index contributed by atoms with van der Waals surface area (Å²) < 4.78 is 1.94. The molecular formula is C15H22N6. The third kappa shape index (κ3) is 3.39. The molecule has 0 amide bonds. The Balaban J connectivity index is 1.65. The lowest BCUT2D eigenvalue weighted by Crippen LogP contribution is -2.35. The van der Waals surface area contributed by atoms with Crippen LogP contribution in [0.2, 0.25) is 0 Å². The molecule has 6 heteroatoms. The summed E-state index contributed by atoms with van der Waals surface area (Å²) in [6.45, 7) is 5.28. The smallest absolute Gasteiger partial charge is 0.159 e. The molecule has 1 atom stereocenters. The van der Waals surface area contributed by atoms with Crippen LogP contribution in [0.15, 0.2) is 24.8 Å². The van der Waals surface area contributed by atoms with E-state index in [1.807, 2.05) is 17.7 Å². The Morgan fingerprint density at radius 1 is 1.38 bits per heavy atom. The van der Waals surface area contributed by atoms with Gasteiger partial charge in [0, 0.05) is 25.5 Å². The predicted octanol–water partition coefficient (Wildman–Crippen LogP) is 1.72. The van der Waals surface area contributed by atoms with Gasteiger partial charge in [-0.25, -0.2) is 9.97 Å². The van der Waals surface area contributed by atoms with Crippen LogP contribution in [-0.2, 0) is 0 Å². The Morgan fingerprint density at radius 2 is 2.29 bits per heavy atom. The molecule has 2 aromatic rings. The Labute approximate surface area is 125 Å². The van der Waals surface area contributed by atoms with Crippen LogP contribution < -0.4 is 5.32 Å². The zero-order valence-corrected chi connectivity index (χ0v) is 12.7. The van der Waals surface area contributed by atoms with E-state index in [1.165, 1.54) is 19.4 Å². The van der Waals surface area contributed by atoms with Crippen molar-refractivity contribution in [2.45, 2.75) is 19.8 Å². The van der Waals surface area contributed by atoms with E-state index < -0.39 is 0 Å². The number of anilines is 1. The second kappa shape index (κ2) is 6.22. The lowest BCUT2D eigenvalue weighted by atomic mass is 9.98. The highest BCUT2D eigenvalue weighted by atomic mass is 15.2. The average molecular weight is 286 g/mol. The largest absolute Gasteiger partial charge is 0.368 e. The van der Waals surface area contributed by atoms with Crippen LogP contribution >= 0.6 is 0 Å². The molecule has 0 saturated carbocycles. The van der Waals surface area contributed by atoms with E-state index in [0.717, 1.165) is 30.5 Å². The van der Waals surface area contributed by atoms with Crippen molar-refractivity contribution >= 4 is 5.82 Å². The molecular weight excluding hydrogens is 264 g/mol. The minimum Gasteiger partial charge on any atom is -0.368 e. The summed E-state index contributed by atoms with van der Waals surface area (Å²) in [7, 11) is 2.19. The standard InChI is InChI=1S/C15H22N6/c1-12-17-5-7-21(12)15-10-16-9-14(19-15)18-8-13-4-3-6-20(2)11-13/h5,7,9-10,13H,3-4,6,8,11H2,1-2H3,(H,18,19). The number of nitrogens with zero attached hydrogens (tertiary/aromatic N) is 5. The fraction of sp³-hybridized carbons (Fsp3) is 0.533. The quantitative estimate of drug-likeness (QED) is 0.927. The lowest BCUT2D eigenvalue weighted by Gasteiger charge is -2.29. The number of piperidine rings is 1. The summed E-state index contributed by atoms with van der Waals surface area (Å²) in [6.07, 6.45) is 9.78. The predicted molar refractivity (Wildman–Crippen MR) is 82.6 cm³/mol. The molecule has 0 aromatic carbocycles. The Hall–Kier alpha value is -1.95. The maximum Gasteiger partial charge on any atom is 0.159 e. The van der Waals surface area contributed by atoms with Gasteiger partial charge in [0.25, 0.3) is 0 Å². The molecule has 3 heterocycles. The van der Waals surface area contributed by atoms with Gasteiger partial charge in [0.2, 0.25) is 0 Å². The van der Waals surface area contributed by atoms with Crippen molar-refractivity contribution in [1.29, 1.82) is 0 Å². The van der Waals surface area contributed by atoms with E-state index in [2.05, 4.69) is 32.2 Å². The first-order chi connectivity index (χ1) is 10.2. The van der Waals surface area contributed by atoms with Gasteiger partial charge < -0.3 is 10.2 Å². The maximum absolute atomic E-state index is 4.62. The monoisotopic (exact) mass is 286 g/mol. The SMILES string of the molecule is Cc1nccn1-c1cncc(NCC2CCCN(C)C2)n1. The number of imidazole rings is 1. The van der Waals surface area contributed by atoms with Gasteiger partial charge in [-0.2, -0.15) is 0 Å². The summed E-state index contributed by atoms with van der Waals surface area (Å²) in [5, 5.41) is 3.42. The average Bonchev–Trinajstić information content (AvgIpc) is 2.92. The molecule has 0 radical (unpaired) electrons. The Kier molecular flexibility index (Phi) is 4.15. The number of nitrogens with one attached hydrogen (secondary N) is 1. The fourth-order valence-electron chi connectivity index (χ4n) is 2.87. The second-order valence-corrected chi connectivity index (χ2v) is 5.76. The topological polar surface area (TPSA) is 58.9 Å². The first-order valence-corrected chi connectivity index (χ1v) is 7.47. The number of rotatable bonds is 4. The highest BCUT2D eigenvalue weighted by molar-refractivity contribution is 5.36. The van der Waals surface area contributed by atoms with Crippen molar-refractivity contribution in [3.05, 3.63) is 30.6 Å². The first-order valence-electron chi connectivity index (χ1n) is 7.47. The maximum atomic E-state index is 4.62. The molecule has 3 rings (SSSR count). The number of aromatic nitrogens is 4. The Morgan fingerprint density at radius 3 is 3.05 bits per heavy atom. The zero-order valence-electron chi connectivity index (χ0n) is 12.7. The highest BCUT2D eigenvalue weighted by Gasteiger charge is 2.17. The van der Waals surface area contributed by atoms with Crippen LogP contribution in [0.4, 0.5) is 5.82 Å². The van der Waals surface area contributed by atoms with Gasteiger partial charge in [0.1, 0.15) is 11.6 Å². The first kappa shape index (κ1) is 14.0. The summed E-state index contributed by atoms with van der Waals surface area (Å²) in [6, 6.07) is 0. The molecule has 1 saturated heterocycles. The van der Waals surface area contributed by atoms with Crippen LogP contribution in [0.25, 0.3) is 5.82 Å². The molecule has 1 N–H and O–H groups in total. The lowest BCUT2D eigenvalue weighted by molar-refractivity contribution is 0.217. The van der Waals surface area contributed by atoms with Crippen molar-refractivity contribution in [2.24, 2.45) is 5.92 Å². The van der Waals surface area contributed by atoms with Crippen molar-refractivity contribution in [2.75, 3.05) is 32.0 Å². The van der Waals surface area contributed by atoms with Crippen LogP contribution in [0.5, 0.6) is 0 Å². The van der Waals surface area contributed by atoms with Crippen molar-refractivity contribution in [3.63, 3.8) is 0 Å². The summed E-state index contributed by atoms with van der Waals surface area (Å²) in [5.41, 5.74) is 0. The number of hydrogen-bond donors (Lipinski definition) is 1. The van der Waals surface area contributed by atoms with Crippen molar-refractivity contribution in [1.82, 2.24) is 24.4 Å². The summed E-state index contributed by atoms with van der Waals surface area (Å²) in [5.74, 6) is 3.23. The number of aryl methyl sites for hydroxylation is 1. The minimum absolute atomic E-state index is 0.684. The van der Waals surface area contributed by atoms with Gasteiger partial charge in [-0.3, -0.25) is 9.55 Å². The molecule has 1 aliphatic heterocycles. The molecule has 0 bridgehead atoms. The van der Waals surface area contributed by atoms with Gasteiger partial charge in [0.05, 0.1) is 12.4 Å². The molecule has 0 spiro atoms. The van der Waals surface area contributed by atoms with Crippen LogP contribution in [-0.4, -0.2) is 51.1 Å². The van der Waals surface area contributed by atoms with Crippen LogP contribution in [0.3, 0.4) is 0 Å². The molecule has 0 aliphatic carbocycles. The van der Waals surface area contributed by atoms with Crippen LogP contribution in [0, 0.1) is 12.8 Å². The van der Waals surface area contributed by atoms with E-state index in [1.54, 1.807) is 18.6 Å². The summed E-state index contributed by atoms with van der Waals surface area (Å²) in [4.78, 5) is 15.5. The van der Waals surface area contributed by atoms with Crippen molar-refractivity contribution < 1.29 is 0 Å². The molecule has 1 aliphatic rings. The molecule has 1 unspecified atom stereocenters. The third-order valence-electron chi connectivity index (χ3n) is 3.99. The van der Waals surface area contributed by atoms with E-state index in [0.29, 0.717) is 5.92 Å². The van der Waals surface area contributed by atoms with Gasteiger partial charge in [0.15, 0.2) is 5.82 Å². The molecule has 6 nitrogen and oxygen atoms in total. The highest BCUT2D eigenvalue weighted by Crippen LogP contribution is 2.16. The fourth-order valence-corrected chi connectivity index (χ4v) is 2.87. The minimum atomic E-state index is 0.684. The van der Waals surface area contributed by atoms with Gasteiger partial charge in [-0.15, -0.1) is 0 Å². The Bertz CT molecular complexity index is 593. The van der Waals surface area contributed by atoms with Gasteiger partial charge in [-0.05, 0) is 39.3 Å². The van der Waals surface area contributed by atoms with Gasteiger partial charge >= 0.3 is 0 Å². The summed E-state index contributed by atoms with van der Waals surface area (Å²) >= 11 is 0. The van der Waals surface area contributed by atoms with Gasteiger partial charge in [-0.1, -0.05) is 0 Å². The van der Waals surface area contributed by atoms with E-state index in [9.17, 15) is 0 Å². The normalized spacial score (nSPS) is 19.6. The molecule has 112 valence electrons. The van der Waals surface area contributed by atoms with E-state index in [-0.39, 0.29) is 0 Å². The van der Waals surface area contributed by atoms with E-state index in [4.69, 9.17) is 0 Å². The number of hydrogen-bond acceptors (Lipinski definition) is 5. The zero-order chi connectivity index (χ0) is 14.7.